The van der Waals surface area contributed by atoms with Crippen molar-refractivity contribution in [3.63, 3.8) is 0 Å². The molecule has 1 aliphatic rings. The number of piperidine rings is 1. The SMILES string of the molecule is COc1ccc(OC(=O)C2CCN(S(=O)(=O)c3ccc(OC)c(OC)c3)CC2)cc1. The number of sulfonamides is 1. The molecule has 0 N–H and O–H groups in total. The smallest absolute Gasteiger partial charge is 0.314 e. The summed E-state index contributed by atoms with van der Waals surface area (Å²) < 4.78 is 48.2. The Kier molecular flexibility index (Phi) is 6.84. The third-order valence-electron chi connectivity index (χ3n) is 5.06. The zero-order valence-electron chi connectivity index (χ0n) is 17.2. The van der Waals surface area contributed by atoms with Gasteiger partial charge in [-0.1, -0.05) is 0 Å². The molecule has 1 aliphatic heterocycles. The molecule has 0 spiro atoms. The lowest BCUT2D eigenvalue weighted by atomic mass is 9.98. The summed E-state index contributed by atoms with van der Waals surface area (Å²) in [5.74, 6) is 1.19. The van der Waals surface area contributed by atoms with Crippen LogP contribution in [0.25, 0.3) is 0 Å². The van der Waals surface area contributed by atoms with E-state index in [0.29, 0.717) is 35.8 Å². The van der Waals surface area contributed by atoms with Gasteiger partial charge < -0.3 is 18.9 Å². The molecule has 0 amide bonds. The number of methoxy groups -OCH3 is 3. The normalized spacial score (nSPS) is 15.4. The van der Waals surface area contributed by atoms with Gasteiger partial charge in [0.05, 0.1) is 32.1 Å². The van der Waals surface area contributed by atoms with E-state index in [9.17, 15) is 13.2 Å². The molecule has 9 heteroatoms. The highest BCUT2D eigenvalue weighted by Gasteiger charge is 2.33. The van der Waals surface area contributed by atoms with Crippen LogP contribution >= 0.6 is 0 Å². The first-order valence-electron chi connectivity index (χ1n) is 9.47. The van der Waals surface area contributed by atoms with E-state index in [1.54, 1.807) is 37.4 Å². The van der Waals surface area contributed by atoms with E-state index in [4.69, 9.17) is 18.9 Å². The fourth-order valence-electron chi connectivity index (χ4n) is 3.30. The fourth-order valence-corrected chi connectivity index (χ4v) is 4.79. The van der Waals surface area contributed by atoms with Crippen molar-refractivity contribution in [3.05, 3.63) is 42.5 Å². The van der Waals surface area contributed by atoms with Crippen molar-refractivity contribution in [2.24, 2.45) is 5.92 Å². The van der Waals surface area contributed by atoms with Gasteiger partial charge in [-0.05, 0) is 49.2 Å². The van der Waals surface area contributed by atoms with E-state index in [1.807, 2.05) is 0 Å². The second-order valence-corrected chi connectivity index (χ2v) is 8.73. The van der Waals surface area contributed by atoms with Crippen LogP contribution in [0.15, 0.2) is 47.4 Å². The first-order valence-corrected chi connectivity index (χ1v) is 10.9. The van der Waals surface area contributed by atoms with Crippen LogP contribution in [0.2, 0.25) is 0 Å². The van der Waals surface area contributed by atoms with Crippen molar-refractivity contribution in [3.8, 4) is 23.0 Å². The van der Waals surface area contributed by atoms with Gasteiger partial charge in [0.25, 0.3) is 0 Å². The van der Waals surface area contributed by atoms with Crippen molar-refractivity contribution in [2.75, 3.05) is 34.4 Å². The van der Waals surface area contributed by atoms with Crippen LogP contribution in [-0.4, -0.2) is 53.1 Å². The maximum atomic E-state index is 13.0. The van der Waals surface area contributed by atoms with E-state index >= 15 is 0 Å². The monoisotopic (exact) mass is 435 g/mol. The van der Waals surface area contributed by atoms with Crippen molar-refractivity contribution in [2.45, 2.75) is 17.7 Å². The molecule has 0 atom stereocenters. The quantitative estimate of drug-likeness (QED) is 0.488. The van der Waals surface area contributed by atoms with E-state index in [-0.39, 0.29) is 29.9 Å². The minimum Gasteiger partial charge on any atom is -0.497 e. The molecule has 1 heterocycles. The van der Waals surface area contributed by atoms with Crippen LogP contribution in [0.5, 0.6) is 23.0 Å². The molecule has 1 fully saturated rings. The summed E-state index contributed by atoms with van der Waals surface area (Å²) in [6.07, 6.45) is 0.781. The number of carbonyl (C=O) groups is 1. The van der Waals surface area contributed by atoms with Crippen LogP contribution in [0, 0.1) is 5.92 Å². The van der Waals surface area contributed by atoms with E-state index in [0.717, 1.165) is 0 Å². The zero-order valence-corrected chi connectivity index (χ0v) is 18.0. The second kappa shape index (κ2) is 9.36. The summed E-state index contributed by atoms with van der Waals surface area (Å²) in [7, 11) is 0.797. The molecule has 0 saturated carbocycles. The third-order valence-corrected chi connectivity index (χ3v) is 6.95. The summed E-state index contributed by atoms with van der Waals surface area (Å²) >= 11 is 0. The predicted octanol–water partition coefficient (Wildman–Crippen LogP) is 2.72. The molecular formula is C21H25NO7S. The lowest BCUT2D eigenvalue weighted by Gasteiger charge is -2.30. The van der Waals surface area contributed by atoms with Gasteiger partial charge in [-0.3, -0.25) is 4.79 Å². The maximum Gasteiger partial charge on any atom is 0.314 e. The predicted molar refractivity (Wildman–Crippen MR) is 110 cm³/mol. The van der Waals surface area contributed by atoms with Gasteiger partial charge in [0.15, 0.2) is 11.5 Å². The van der Waals surface area contributed by atoms with E-state index < -0.39 is 10.0 Å². The standard InChI is InChI=1S/C21H25NO7S/c1-26-16-4-6-17(7-5-16)29-21(23)15-10-12-22(13-11-15)30(24,25)18-8-9-19(27-2)20(14-18)28-3/h4-9,14-15H,10-13H2,1-3H3. The Morgan fingerprint density at radius 1 is 0.867 bits per heavy atom. The maximum absolute atomic E-state index is 13.0. The molecule has 0 bridgehead atoms. The second-order valence-electron chi connectivity index (χ2n) is 6.79. The van der Waals surface area contributed by atoms with Gasteiger partial charge in [0, 0.05) is 19.2 Å². The van der Waals surface area contributed by atoms with Crippen molar-refractivity contribution >= 4 is 16.0 Å². The number of rotatable bonds is 7. The van der Waals surface area contributed by atoms with Crippen LogP contribution in [0.4, 0.5) is 0 Å². The molecule has 162 valence electrons. The molecule has 0 aliphatic carbocycles. The average molecular weight is 435 g/mol. The first kappa shape index (κ1) is 21.9. The Hall–Kier alpha value is -2.78. The highest BCUT2D eigenvalue weighted by molar-refractivity contribution is 7.89. The van der Waals surface area contributed by atoms with Crippen molar-refractivity contribution < 1.29 is 32.2 Å². The van der Waals surface area contributed by atoms with Gasteiger partial charge in [0.2, 0.25) is 10.0 Å². The number of carbonyl (C=O) groups excluding carboxylic acids is 1. The lowest BCUT2D eigenvalue weighted by molar-refractivity contribution is -0.140. The largest absolute Gasteiger partial charge is 0.497 e. The van der Waals surface area contributed by atoms with E-state index in [2.05, 4.69) is 0 Å². The summed E-state index contributed by atoms with van der Waals surface area (Å²) in [6, 6.07) is 11.2. The molecule has 0 unspecified atom stereocenters. The van der Waals surface area contributed by atoms with Crippen LogP contribution in [-0.2, 0) is 14.8 Å². The molecule has 0 radical (unpaired) electrons. The van der Waals surface area contributed by atoms with Crippen molar-refractivity contribution in [1.29, 1.82) is 0 Å². The topological polar surface area (TPSA) is 91.4 Å². The summed E-state index contributed by atoms with van der Waals surface area (Å²) in [4.78, 5) is 12.6. The highest BCUT2D eigenvalue weighted by Crippen LogP contribution is 2.32. The lowest BCUT2D eigenvalue weighted by Crippen LogP contribution is -2.41. The molecular weight excluding hydrogens is 410 g/mol. The number of hydrogen-bond donors (Lipinski definition) is 0. The third kappa shape index (κ3) is 4.68. The van der Waals surface area contributed by atoms with E-state index in [1.165, 1.54) is 30.7 Å². The highest BCUT2D eigenvalue weighted by atomic mass is 32.2. The minimum absolute atomic E-state index is 0.124. The molecule has 8 nitrogen and oxygen atoms in total. The van der Waals surface area contributed by atoms with Crippen LogP contribution in [0.3, 0.4) is 0 Å². The van der Waals surface area contributed by atoms with Gasteiger partial charge in [-0.2, -0.15) is 4.31 Å². The van der Waals surface area contributed by atoms with Gasteiger partial charge in [-0.15, -0.1) is 0 Å². The fraction of sp³-hybridized carbons (Fsp3) is 0.381. The van der Waals surface area contributed by atoms with Gasteiger partial charge in [-0.25, -0.2) is 8.42 Å². The number of hydrogen-bond acceptors (Lipinski definition) is 7. The number of nitrogens with zero attached hydrogens (tertiary/aromatic N) is 1. The number of esters is 1. The molecule has 1 saturated heterocycles. The molecule has 3 rings (SSSR count). The Morgan fingerprint density at radius 2 is 1.47 bits per heavy atom. The van der Waals surface area contributed by atoms with Crippen LogP contribution in [0.1, 0.15) is 12.8 Å². The summed E-state index contributed by atoms with van der Waals surface area (Å²) in [5.41, 5.74) is 0. The minimum atomic E-state index is -3.70. The average Bonchev–Trinajstić information content (AvgIpc) is 2.79. The Morgan fingerprint density at radius 3 is 2.03 bits per heavy atom. The number of benzene rings is 2. The van der Waals surface area contributed by atoms with Gasteiger partial charge >= 0.3 is 5.97 Å². The number of ether oxygens (including phenoxy) is 4. The Balaban J connectivity index is 1.63. The van der Waals surface area contributed by atoms with Gasteiger partial charge in [0.1, 0.15) is 11.5 Å². The zero-order chi connectivity index (χ0) is 21.7. The molecule has 30 heavy (non-hydrogen) atoms. The van der Waals surface area contributed by atoms with Crippen LogP contribution < -0.4 is 18.9 Å². The Bertz CT molecular complexity index is 981. The molecule has 0 aromatic heterocycles. The summed E-state index contributed by atoms with van der Waals surface area (Å²) in [5, 5.41) is 0. The Labute approximate surface area is 176 Å². The summed E-state index contributed by atoms with van der Waals surface area (Å²) in [6.45, 7) is 0.470. The molecule has 2 aromatic rings. The van der Waals surface area contributed by atoms with Crippen molar-refractivity contribution in [1.82, 2.24) is 4.31 Å². The molecule has 2 aromatic carbocycles. The first-order chi connectivity index (χ1) is 14.4.